The normalized spacial score (nSPS) is 14.9. The first kappa shape index (κ1) is 14.4. The van der Waals surface area contributed by atoms with E-state index in [-0.39, 0.29) is 6.10 Å². The van der Waals surface area contributed by atoms with Crippen molar-refractivity contribution in [1.29, 1.82) is 0 Å². The Labute approximate surface area is 92.8 Å². The number of carboxylic acid groups (broad SMARTS) is 1. The van der Waals surface area contributed by atoms with Gasteiger partial charge < -0.3 is 9.84 Å². The van der Waals surface area contributed by atoms with Crippen molar-refractivity contribution in [3.63, 3.8) is 0 Å². The van der Waals surface area contributed by atoms with E-state index in [0.29, 0.717) is 6.61 Å². The molecule has 0 aliphatic carbocycles. The van der Waals surface area contributed by atoms with E-state index in [2.05, 4.69) is 6.92 Å². The van der Waals surface area contributed by atoms with E-state index in [1.165, 1.54) is 25.7 Å². The van der Waals surface area contributed by atoms with Gasteiger partial charge in [0.05, 0.1) is 12.0 Å². The van der Waals surface area contributed by atoms with Gasteiger partial charge in [0.2, 0.25) is 0 Å². The van der Waals surface area contributed by atoms with Crippen LogP contribution in [0.1, 0.15) is 52.9 Å². The maximum atomic E-state index is 10.6. The number of rotatable bonds is 9. The van der Waals surface area contributed by atoms with E-state index in [4.69, 9.17) is 9.84 Å². The Morgan fingerprint density at radius 3 is 2.33 bits per heavy atom. The average Bonchev–Trinajstić information content (AvgIpc) is 2.21. The molecule has 0 aromatic rings. The van der Waals surface area contributed by atoms with Gasteiger partial charge >= 0.3 is 5.97 Å². The molecule has 0 fully saturated rings. The summed E-state index contributed by atoms with van der Waals surface area (Å²) in [6, 6.07) is 0. The lowest BCUT2D eigenvalue weighted by atomic mass is 10.1. The summed E-state index contributed by atoms with van der Waals surface area (Å²) in [6.07, 6.45) is 5.81. The van der Waals surface area contributed by atoms with Crippen molar-refractivity contribution in [2.75, 3.05) is 6.61 Å². The number of carboxylic acids is 1. The van der Waals surface area contributed by atoms with Crippen LogP contribution in [0.3, 0.4) is 0 Å². The lowest BCUT2D eigenvalue weighted by Gasteiger charge is -2.16. The van der Waals surface area contributed by atoms with Crippen LogP contribution in [-0.4, -0.2) is 23.8 Å². The summed E-state index contributed by atoms with van der Waals surface area (Å²) >= 11 is 0. The largest absolute Gasteiger partial charge is 0.481 e. The van der Waals surface area contributed by atoms with Crippen LogP contribution in [0, 0.1) is 5.92 Å². The third kappa shape index (κ3) is 7.37. The van der Waals surface area contributed by atoms with Gasteiger partial charge in [-0.3, -0.25) is 4.79 Å². The minimum Gasteiger partial charge on any atom is -0.481 e. The van der Waals surface area contributed by atoms with Crippen molar-refractivity contribution >= 4 is 5.97 Å². The van der Waals surface area contributed by atoms with E-state index in [1.54, 1.807) is 6.92 Å². The van der Waals surface area contributed by atoms with Gasteiger partial charge in [-0.1, -0.05) is 32.6 Å². The van der Waals surface area contributed by atoms with E-state index < -0.39 is 11.9 Å². The molecule has 3 heteroatoms. The molecule has 90 valence electrons. The molecule has 0 aromatic heterocycles. The highest BCUT2D eigenvalue weighted by molar-refractivity contribution is 5.70. The number of hydrogen-bond acceptors (Lipinski definition) is 2. The summed E-state index contributed by atoms with van der Waals surface area (Å²) in [5.74, 6) is -1.20. The molecule has 0 radical (unpaired) electrons. The van der Waals surface area contributed by atoms with Crippen molar-refractivity contribution in [3.8, 4) is 0 Å². The summed E-state index contributed by atoms with van der Waals surface area (Å²) in [5, 5.41) is 8.75. The van der Waals surface area contributed by atoms with Crippen molar-refractivity contribution in [2.45, 2.75) is 59.0 Å². The lowest BCUT2D eigenvalue weighted by molar-refractivity contribution is -0.146. The second kappa shape index (κ2) is 8.72. The van der Waals surface area contributed by atoms with Crippen LogP contribution < -0.4 is 0 Å². The van der Waals surface area contributed by atoms with Crippen LogP contribution in [0.5, 0.6) is 0 Å². The Morgan fingerprint density at radius 2 is 1.80 bits per heavy atom. The standard InChI is InChI=1S/C12H24O3/c1-4-5-6-7-8-9-15-11(3)10(2)12(13)14/h10-11H,4-9H2,1-3H3,(H,13,14). The van der Waals surface area contributed by atoms with Crippen LogP contribution in [0.15, 0.2) is 0 Å². The molecule has 0 spiro atoms. The third-order valence-electron chi connectivity index (χ3n) is 2.72. The molecule has 0 aliphatic heterocycles. The smallest absolute Gasteiger partial charge is 0.308 e. The number of hydrogen-bond donors (Lipinski definition) is 1. The highest BCUT2D eigenvalue weighted by atomic mass is 16.5. The topological polar surface area (TPSA) is 46.5 Å². The van der Waals surface area contributed by atoms with Crippen LogP contribution in [0.25, 0.3) is 0 Å². The Balaban J connectivity index is 3.38. The summed E-state index contributed by atoms with van der Waals surface area (Å²) in [6.45, 7) is 6.38. The monoisotopic (exact) mass is 216 g/mol. The molecule has 0 aliphatic rings. The van der Waals surface area contributed by atoms with Gasteiger partial charge in [0, 0.05) is 6.61 Å². The summed E-state index contributed by atoms with van der Waals surface area (Å²) < 4.78 is 5.46. The zero-order chi connectivity index (χ0) is 11.7. The Kier molecular flexibility index (Phi) is 8.38. The fourth-order valence-corrected chi connectivity index (χ4v) is 1.32. The average molecular weight is 216 g/mol. The van der Waals surface area contributed by atoms with Gasteiger partial charge in [-0.2, -0.15) is 0 Å². The number of aliphatic carboxylic acids is 1. The summed E-state index contributed by atoms with van der Waals surface area (Å²) in [7, 11) is 0. The van der Waals surface area contributed by atoms with Crippen molar-refractivity contribution in [2.24, 2.45) is 5.92 Å². The first-order valence-corrected chi connectivity index (χ1v) is 5.94. The third-order valence-corrected chi connectivity index (χ3v) is 2.72. The van der Waals surface area contributed by atoms with Crippen LogP contribution in [0.4, 0.5) is 0 Å². The van der Waals surface area contributed by atoms with E-state index in [0.717, 1.165) is 6.42 Å². The molecular weight excluding hydrogens is 192 g/mol. The predicted octanol–water partition coefficient (Wildman–Crippen LogP) is 3.08. The van der Waals surface area contributed by atoms with Gasteiger partial charge in [0.1, 0.15) is 0 Å². The molecule has 3 nitrogen and oxygen atoms in total. The molecule has 0 heterocycles. The van der Waals surface area contributed by atoms with Crippen LogP contribution in [0.2, 0.25) is 0 Å². The second-order valence-electron chi connectivity index (χ2n) is 4.12. The highest BCUT2D eigenvalue weighted by Crippen LogP contribution is 2.09. The summed E-state index contributed by atoms with van der Waals surface area (Å²) in [4.78, 5) is 10.6. The minimum absolute atomic E-state index is 0.186. The highest BCUT2D eigenvalue weighted by Gasteiger charge is 2.19. The molecular formula is C12H24O3. The quantitative estimate of drug-likeness (QED) is 0.602. The fraction of sp³-hybridized carbons (Fsp3) is 0.917. The maximum Gasteiger partial charge on any atom is 0.308 e. The Morgan fingerprint density at radius 1 is 1.20 bits per heavy atom. The van der Waals surface area contributed by atoms with Crippen molar-refractivity contribution in [1.82, 2.24) is 0 Å². The van der Waals surface area contributed by atoms with E-state index >= 15 is 0 Å². The van der Waals surface area contributed by atoms with Crippen molar-refractivity contribution in [3.05, 3.63) is 0 Å². The molecule has 0 saturated heterocycles. The van der Waals surface area contributed by atoms with Crippen LogP contribution >= 0.6 is 0 Å². The molecule has 0 amide bonds. The zero-order valence-corrected chi connectivity index (χ0v) is 10.2. The predicted molar refractivity (Wildman–Crippen MR) is 61.0 cm³/mol. The molecule has 0 bridgehead atoms. The van der Waals surface area contributed by atoms with Gasteiger partial charge in [-0.05, 0) is 20.3 Å². The van der Waals surface area contributed by atoms with Gasteiger partial charge in [-0.25, -0.2) is 0 Å². The summed E-state index contributed by atoms with van der Waals surface area (Å²) in [5.41, 5.74) is 0. The van der Waals surface area contributed by atoms with Crippen molar-refractivity contribution < 1.29 is 14.6 Å². The molecule has 0 aromatic carbocycles. The van der Waals surface area contributed by atoms with E-state index in [9.17, 15) is 4.79 Å². The maximum absolute atomic E-state index is 10.6. The molecule has 15 heavy (non-hydrogen) atoms. The van der Waals surface area contributed by atoms with Crippen LogP contribution in [-0.2, 0) is 9.53 Å². The SMILES string of the molecule is CCCCCCCOC(C)C(C)C(=O)O. The fourth-order valence-electron chi connectivity index (χ4n) is 1.32. The molecule has 0 saturated carbocycles. The molecule has 1 N–H and O–H groups in total. The molecule has 0 rings (SSSR count). The lowest BCUT2D eigenvalue weighted by Crippen LogP contribution is -2.25. The number of carbonyl (C=O) groups is 1. The number of unbranched alkanes of at least 4 members (excludes halogenated alkanes) is 4. The minimum atomic E-state index is -0.784. The Hall–Kier alpha value is -0.570. The van der Waals surface area contributed by atoms with Gasteiger partial charge in [-0.15, -0.1) is 0 Å². The number of ether oxygens (including phenoxy) is 1. The molecule has 2 atom stereocenters. The van der Waals surface area contributed by atoms with Gasteiger partial charge in [0.25, 0.3) is 0 Å². The van der Waals surface area contributed by atoms with E-state index in [1.807, 2.05) is 6.92 Å². The molecule has 2 unspecified atom stereocenters. The zero-order valence-electron chi connectivity index (χ0n) is 10.2. The second-order valence-corrected chi connectivity index (χ2v) is 4.12. The Bertz CT molecular complexity index is 168. The first-order valence-electron chi connectivity index (χ1n) is 5.94. The van der Waals surface area contributed by atoms with Gasteiger partial charge in [0.15, 0.2) is 0 Å². The first-order chi connectivity index (χ1) is 7.09.